The summed E-state index contributed by atoms with van der Waals surface area (Å²) >= 11 is 9.66. The number of carbonyl (C=O) groups is 1. The van der Waals surface area contributed by atoms with Crippen molar-refractivity contribution in [2.45, 2.75) is 51.1 Å². The first kappa shape index (κ1) is 20.7. The standard InChI is InChI=1S/C23H24BrClFNO2/c1-2-29-21(28)10-15-4-3-5-18-19-11-17(26)12-20(24)23(19)27(22(15)18)13-14-6-8-16(25)9-7-14/h6-9,11-12,15,18,22H,2-5,10,13H2,1H3. The van der Waals surface area contributed by atoms with Gasteiger partial charge in [0.15, 0.2) is 0 Å². The summed E-state index contributed by atoms with van der Waals surface area (Å²) in [5, 5.41) is 0.703. The van der Waals surface area contributed by atoms with Gasteiger partial charge in [-0.25, -0.2) is 4.39 Å². The largest absolute Gasteiger partial charge is 0.466 e. The highest BCUT2D eigenvalue weighted by atomic mass is 79.9. The zero-order valence-corrected chi connectivity index (χ0v) is 18.7. The van der Waals surface area contributed by atoms with E-state index >= 15 is 0 Å². The van der Waals surface area contributed by atoms with Crippen LogP contribution in [0.25, 0.3) is 0 Å². The molecular formula is C23H24BrClFNO2. The van der Waals surface area contributed by atoms with Crippen LogP contribution in [0.3, 0.4) is 0 Å². The van der Waals surface area contributed by atoms with Crippen LogP contribution < -0.4 is 4.90 Å². The Morgan fingerprint density at radius 3 is 2.76 bits per heavy atom. The lowest BCUT2D eigenvalue weighted by atomic mass is 9.74. The van der Waals surface area contributed by atoms with E-state index in [0.717, 1.165) is 40.5 Å². The maximum atomic E-state index is 14.3. The molecule has 2 aromatic carbocycles. The van der Waals surface area contributed by atoms with Gasteiger partial charge in [0.2, 0.25) is 0 Å². The van der Waals surface area contributed by atoms with Crippen LogP contribution in [0.4, 0.5) is 10.1 Å². The van der Waals surface area contributed by atoms with Crippen molar-refractivity contribution in [2.75, 3.05) is 11.5 Å². The molecule has 0 amide bonds. The summed E-state index contributed by atoms with van der Waals surface area (Å²) in [6.45, 7) is 2.92. The lowest BCUT2D eigenvalue weighted by Gasteiger charge is -2.40. The molecule has 154 valence electrons. The number of ether oxygens (including phenoxy) is 1. The van der Waals surface area contributed by atoms with Crippen LogP contribution in [0.2, 0.25) is 5.02 Å². The maximum absolute atomic E-state index is 14.3. The lowest BCUT2D eigenvalue weighted by molar-refractivity contribution is -0.144. The Bertz CT molecular complexity index is 904. The van der Waals surface area contributed by atoms with E-state index in [0.29, 0.717) is 24.6 Å². The number of esters is 1. The minimum absolute atomic E-state index is 0.147. The molecule has 0 spiro atoms. The highest BCUT2D eigenvalue weighted by molar-refractivity contribution is 9.10. The second-order valence-corrected chi connectivity index (χ2v) is 9.17. The summed E-state index contributed by atoms with van der Waals surface area (Å²) in [6.07, 6.45) is 3.42. The van der Waals surface area contributed by atoms with Gasteiger partial charge in [0.05, 0.1) is 18.7 Å². The normalized spacial score (nSPS) is 22.9. The summed E-state index contributed by atoms with van der Waals surface area (Å²) in [6, 6.07) is 11.2. The molecule has 29 heavy (non-hydrogen) atoms. The lowest BCUT2D eigenvalue weighted by Crippen LogP contribution is -2.43. The monoisotopic (exact) mass is 479 g/mol. The first-order valence-corrected chi connectivity index (χ1v) is 11.3. The molecule has 4 rings (SSSR count). The van der Waals surface area contributed by atoms with Gasteiger partial charge in [0.1, 0.15) is 5.82 Å². The summed E-state index contributed by atoms with van der Waals surface area (Å²) in [5.74, 6) is 0.0287. The number of carbonyl (C=O) groups excluding carboxylic acids is 1. The first-order valence-electron chi connectivity index (χ1n) is 10.1. The van der Waals surface area contributed by atoms with E-state index in [1.165, 1.54) is 6.07 Å². The second kappa shape index (κ2) is 8.65. The molecule has 0 bridgehead atoms. The van der Waals surface area contributed by atoms with Crippen LogP contribution in [0.1, 0.15) is 49.7 Å². The van der Waals surface area contributed by atoms with Crippen molar-refractivity contribution in [1.29, 1.82) is 0 Å². The molecule has 1 aliphatic heterocycles. The summed E-state index contributed by atoms with van der Waals surface area (Å²) < 4.78 is 20.3. The molecule has 2 aromatic rings. The molecule has 2 aliphatic rings. The molecule has 1 aliphatic carbocycles. The smallest absolute Gasteiger partial charge is 0.306 e. The predicted molar refractivity (Wildman–Crippen MR) is 117 cm³/mol. The van der Waals surface area contributed by atoms with Crippen LogP contribution in [0.5, 0.6) is 0 Å². The zero-order valence-electron chi connectivity index (χ0n) is 16.3. The Labute approximate surface area is 184 Å². The molecule has 1 saturated carbocycles. The van der Waals surface area contributed by atoms with Gasteiger partial charge in [0.25, 0.3) is 0 Å². The Hall–Kier alpha value is -1.59. The number of halogens is 3. The minimum Gasteiger partial charge on any atom is -0.466 e. The fraction of sp³-hybridized carbons (Fsp3) is 0.435. The topological polar surface area (TPSA) is 29.5 Å². The number of nitrogens with zero attached hydrogens (tertiary/aromatic N) is 1. The van der Waals surface area contributed by atoms with E-state index in [4.69, 9.17) is 16.3 Å². The molecule has 3 unspecified atom stereocenters. The number of anilines is 1. The van der Waals surface area contributed by atoms with Gasteiger partial charge in [-0.3, -0.25) is 4.79 Å². The average molecular weight is 481 g/mol. The van der Waals surface area contributed by atoms with Gasteiger partial charge in [-0.2, -0.15) is 0 Å². The van der Waals surface area contributed by atoms with Gasteiger partial charge in [-0.15, -0.1) is 0 Å². The van der Waals surface area contributed by atoms with Crippen LogP contribution in [-0.2, 0) is 16.1 Å². The third-order valence-corrected chi connectivity index (χ3v) is 6.95. The fourth-order valence-corrected chi connectivity index (χ4v) is 5.83. The quantitative estimate of drug-likeness (QED) is 0.460. The number of hydrogen-bond donors (Lipinski definition) is 0. The van der Waals surface area contributed by atoms with Crippen molar-refractivity contribution in [2.24, 2.45) is 5.92 Å². The molecule has 6 heteroatoms. The van der Waals surface area contributed by atoms with Crippen LogP contribution in [0.15, 0.2) is 40.9 Å². The molecule has 1 heterocycles. The highest BCUT2D eigenvalue weighted by Gasteiger charge is 2.46. The molecule has 3 atom stereocenters. The van der Waals surface area contributed by atoms with Crippen molar-refractivity contribution in [3.05, 3.63) is 62.8 Å². The highest BCUT2D eigenvalue weighted by Crippen LogP contribution is 2.53. The third kappa shape index (κ3) is 4.17. The molecular weight excluding hydrogens is 457 g/mol. The van der Waals surface area contributed by atoms with E-state index < -0.39 is 0 Å². The first-order chi connectivity index (χ1) is 14.0. The summed E-state index contributed by atoms with van der Waals surface area (Å²) in [7, 11) is 0. The van der Waals surface area contributed by atoms with E-state index in [2.05, 4.69) is 20.8 Å². The van der Waals surface area contributed by atoms with Gasteiger partial charge < -0.3 is 9.64 Å². The van der Waals surface area contributed by atoms with Crippen molar-refractivity contribution in [3.8, 4) is 0 Å². The Morgan fingerprint density at radius 1 is 1.28 bits per heavy atom. The van der Waals surface area contributed by atoms with Crippen molar-refractivity contribution < 1.29 is 13.9 Å². The van der Waals surface area contributed by atoms with E-state index in [-0.39, 0.29) is 29.7 Å². The van der Waals surface area contributed by atoms with Gasteiger partial charge in [0, 0.05) is 28.0 Å². The molecule has 0 radical (unpaired) electrons. The molecule has 0 N–H and O–H groups in total. The van der Waals surface area contributed by atoms with Crippen LogP contribution in [0, 0.1) is 11.7 Å². The second-order valence-electron chi connectivity index (χ2n) is 7.88. The van der Waals surface area contributed by atoms with Crippen molar-refractivity contribution in [1.82, 2.24) is 0 Å². The number of hydrogen-bond acceptors (Lipinski definition) is 3. The number of fused-ring (bicyclic) bond motifs is 3. The summed E-state index contributed by atoms with van der Waals surface area (Å²) in [4.78, 5) is 14.6. The zero-order chi connectivity index (χ0) is 20.5. The van der Waals surface area contributed by atoms with Gasteiger partial charge in [-0.1, -0.05) is 30.2 Å². The van der Waals surface area contributed by atoms with Crippen LogP contribution >= 0.6 is 27.5 Å². The third-order valence-electron chi connectivity index (χ3n) is 6.09. The molecule has 0 saturated heterocycles. The van der Waals surface area contributed by atoms with E-state index in [1.807, 2.05) is 31.2 Å². The average Bonchev–Trinajstić information content (AvgIpc) is 2.99. The molecule has 1 fully saturated rings. The SMILES string of the molecule is CCOC(=O)CC1CCCC2c3cc(F)cc(Br)c3N(Cc3ccc(Cl)cc3)C12. The maximum Gasteiger partial charge on any atom is 0.306 e. The van der Waals surface area contributed by atoms with E-state index in [9.17, 15) is 9.18 Å². The number of benzene rings is 2. The Balaban J connectivity index is 1.72. The van der Waals surface area contributed by atoms with E-state index in [1.54, 1.807) is 6.07 Å². The minimum atomic E-state index is -0.227. The Morgan fingerprint density at radius 2 is 2.03 bits per heavy atom. The fourth-order valence-electron chi connectivity index (χ4n) is 5.03. The van der Waals surface area contributed by atoms with Gasteiger partial charge in [-0.05, 0) is 77.0 Å². The molecule has 0 aromatic heterocycles. The Kier molecular flexibility index (Phi) is 6.16. The number of rotatable bonds is 5. The van der Waals surface area contributed by atoms with Crippen LogP contribution in [-0.4, -0.2) is 18.6 Å². The van der Waals surface area contributed by atoms with Gasteiger partial charge >= 0.3 is 5.97 Å². The van der Waals surface area contributed by atoms with Crippen molar-refractivity contribution in [3.63, 3.8) is 0 Å². The predicted octanol–water partition coefficient (Wildman–Crippen LogP) is 6.47. The molecule has 3 nitrogen and oxygen atoms in total. The van der Waals surface area contributed by atoms with Crippen molar-refractivity contribution >= 4 is 39.2 Å². The summed E-state index contributed by atoms with van der Waals surface area (Å²) in [5.41, 5.74) is 3.23.